The first-order valence-corrected chi connectivity index (χ1v) is 11.5. The van der Waals surface area contributed by atoms with E-state index in [-0.39, 0.29) is 5.41 Å². The smallest absolute Gasteiger partial charge is 0.136 e. The van der Waals surface area contributed by atoms with Crippen LogP contribution in [0, 0.1) is 0 Å². The van der Waals surface area contributed by atoms with Crippen LogP contribution in [-0.2, 0) is 5.41 Å². The topological polar surface area (TPSA) is 25.2 Å². The molecule has 0 fully saturated rings. The van der Waals surface area contributed by atoms with E-state index in [4.69, 9.17) is 4.42 Å². The summed E-state index contributed by atoms with van der Waals surface area (Å²) in [4.78, 5) is 0. The number of anilines is 2. The summed E-state index contributed by atoms with van der Waals surface area (Å²) in [6, 6.07) is 34.5. The minimum Gasteiger partial charge on any atom is -0.456 e. The fourth-order valence-electron chi connectivity index (χ4n) is 5.63. The Balaban J connectivity index is 1.42. The molecule has 158 valence electrons. The number of furan rings is 1. The molecule has 0 spiro atoms. The van der Waals surface area contributed by atoms with Gasteiger partial charge in [-0.15, -0.1) is 0 Å². The van der Waals surface area contributed by atoms with Crippen molar-refractivity contribution in [2.24, 2.45) is 0 Å². The molecule has 0 aliphatic heterocycles. The summed E-state index contributed by atoms with van der Waals surface area (Å²) in [7, 11) is 0. The predicted molar refractivity (Wildman–Crippen MR) is 139 cm³/mol. The lowest BCUT2D eigenvalue weighted by atomic mass is 9.82. The van der Waals surface area contributed by atoms with E-state index in [1.807, 2.05) is 12.1 Å². The average molecular weight is 426 g/mol. The predicted octanol–water partition coefficient (Wildman–Crippen LogP) is 8.79. The summed E-state index contributed by atoms with van der Waals surface area (Å²) < 4.78 is 6.16. The lowest BCUT2D eigenvalue weighted by Crippen LogP contribution is -2.15. The molecule has 2 heteroatoms. The molecule has 0 radical (unpaired) electrons. The van der Waals surface area contributed by atoms with Gasteiger partial charge in [-0.3, -0.25) is 0 Å². The highest BCUT2D eigenvalue weighted by Gasteiger charge is 2.35. The second-order valence-electron chi connectivity index (χ2n) is 9.50. The summed E-state index contributed by atoms with van der Waals surface area (Å²) in [6.45, 7) is 4.64. The van der Waals surface area contributed by atoms with E-state index in [0.29, 0.717) is 0 Å². The lowest BCUT2D eigenvalue weighted by Gasteiger charge is -2.22. The molecule has 0 atom stereocenters. The van der Waals surface area contributed by atoms with E-state index < -0.39 is 0 Å². The van der Waals surface area contributed by atoms with E-state index >= 15 is 0 Å². The van der Waals surface area contributed by atoms with Crippen LogP contribution in [-0.4, -0.2) is 0 Å². The largest absolute Gasteiger partial charge is 0.456 e. The van der Waals surface area contributed by atoms with Crippen molar-refractivity contribution in [2.45, 2.75) is 19.3 Å². The first-order valence-electron chi connectivity index (χ1n) is 11.5. The molecule has 0 bridgehead atoms. The fourth-order valence-corrected chi connectivity index (χ4v) is 5.63. The molecule has 0 saturated heterocycles. The van der Waals surface area contributed by atoms with E-state index in [0.717, 1.165) is 27.9 Å². The SMILES string of the molecule is CC1(C)c2ccccc2-c2ccc(Nc3cccc4ccc5oc6ccccc6c5c34)cc21. The maximum absolute atomic E-state index is 6.16. The number of hydrogen-bond acceptors (Lipinski definition) is 2. The van der Waals surface area contributed by atoms with Crippen molar-refractivity contribution in [1.29, 1.82) is 0 Å². The van der Waals surface area contributed by atoms with Gasteiger partial charge in [-0.2, -0.15) is 0 Å². The van der Waals surface area contributed by atoms with Crippen molar-refractivity contribution in [2.75, 3.05) is 5.32 Å². The quantitative estimate of drug-likeness (QED) is 0.300. The molecule has 6 aromatic rings. The van der Waals surface area contributed by atoms with Gasteiger partial charge in [-0.05, 0) is 58.0 Å². The van der Waals surface area contributed by atoms with Crippen molar-refractivity contribution in [1.82, 2.24) is 0 Å². The molecule has 1 heterocycles. The van der Waals surface area contributed by atoms with Crippen LogP contribution in [0.5, 0.6) is 0 Å². The van der Waals surface area contributed by atoms with Crippen LogP contribution in [0.4, 0.5) is 11.4 Å². The van der Waals surface area contributed by atoms with Crippen LogP contribution in [0.15, 0.2) is 101 Å². The van der Waals surface area contributed by atoms with Crippen LogP contribution in [0.1, 0.15) is 25.0 Å². The minimum absolute atomic E-state index is 0.0175. The van der Waals surface area contributed by atoms with Gasteiger partial charge in [0.25, 0.3) is 0 Å². The standard InChI is InChI=1S/C31H23NO/c1-31(2)24-11-5-3-9-21(24)22-16-15-20(18-25(22)31)32-26-12-7-8-19-14-17-28-30(29(19)26)23-10-4-6-13-27(23)33-28/h3-18,32H,1-2H3. The molecular formula is C31H23NO. The Kier molecular flexibility index (Phi) is 3.64. The molecule has 7 rings (SSSR count). The molecule has 2 nitrogen and oxygen atoms in total. The van der Waals surface area contributed by atoms with E-state index in [2.05, 4.69) is 104 Å². The van der Waals surface area contributed by atoms with E-state index in [1.165, 1.54) is 38.4 Å². The van der Waals surface area contributed by atoms with Crippen LogP contribution in [0.3, 0.4) is 0 Å². The van der Waals surface area contributed by atoms with Crippen molar-refractivity contribution in [3.8, 4) is 11.1 Å². The fraction of sp³-hybridized carbons (Fsp3) is 0.0968. The highest BCUT2D eigenvalue weighted by molar-refractivity contribution is 6.22. The first kappa shape index (κ1) is 18.5. The van der Waals surface area contributed by atoms with Gasteiger partial charge in [0.05, 0.1) is 0 Å². The highest BCUT2D eigenvalue weighted by atomic mass is 16.3. The summed E-state index contributed by atoms with van der Waals surface area (Å²) >= 11 is 0. The van der Waals surface area contributed by atoms with E-state index in [1.54, 1.807) is 0 Å². The number of nitrogens with one attached hydrogen (secondary N) is 1. The van der Waals surface area contributed by atoms with Gasteiger partial charge in [-0.25, -0.2) is 0 Å². The van der Waals surface area contributed by atoms with Crippen LogP contribution in [0.25, 0.3) is 43.8 Å². The Labute approximate surface area is 192 Å². The van der Waals surface area contributed by atoms with Crippen LogP contribution < -0.4 is 5.32 Å². The molecular weight excluding hydrogens is 402 g/mol. The number of fused-ring (bicyclic) bond motifs is 8. The zero-order valence-electron chi connectivity index (χ0n) is 18.6. The molecule has 5 aromatic carbocycles. The average Bonchev–Trinajstić information content (AvgIpc) is 3.33. The van der Waals surface area contributed by atoms with Crippen LogP contribution in [0.2, 0.25) is 0 Å². The number of para-hydroxylation sites is 1. The van der Waals surface area contributed by atoms with Gasteiger partial charge in [0.2, 0.25) is 0 Å². The Morgan fingerprint density at radius 2 is 1.45 bits per heavy atom. The summed E-state index contributed by atoms with van der Waals surface area (Å²) in [5.41, 5.74) is 9.47. The van der Waals surface area contributed by atoms with Gasteiger partial charge >= 0.3 is 0 Å². The van der Waals surface area contributed by atoms with E-state index in [9.17, 15) is 0 Å². The minimum atomic E-state index is -0.0175. The Morgan fingerprint density at radius 3 is 2.39 bits per heavy atom. The third kappa shape index (κ3) is 2.55. The Morgan fingerprint density at radius 1 is 0.636 bits per heavy atom. The van der Waals surface area contributed by atoms with Crippen molar-refractivity contribution < 1.29 is 4.42 Å². The van der Waals surface area contributed by atoms with Gasteiger partial charge in [0, 0.05) is 32.9 Å². The first-order chi connectivity index (χ1) is 16.1. The molecule has 1 N–H and O–H groups in total. The summed E-state index contributed by atoms with van der Waals surface area (Å²) in [5.74, 6) is 0. The molecule has 33 heavy (non-hydrogen) atoms. The molecule has 0 amide bonds. The maximum Gasteiger partial charge on any atom is 0.136 e. The second kappa shape index (κ2) is 6.49. The molecule has 1 aliphatic carbocycles. The van der Waals surface area contributed by atoms with Crippen LogP contribution >= 0.6 is 0 Å². The second-order valence-corrected chi connectivity index (χ2v) is 9.50. The van der Waals surface area contributed by atoms with Crippen molar-refractivity contribution in [3.63, 3.8) is 0 Å². The van der Waals surface area contributed by atoms with Gasteiger partial charge in [-0.1, -0.05) is 80.6 Å². The number of hydrogen-bond donors (Lipinski definition) is 1. The molecule has 0 saturated carbocycles. The zero-order chi connectivity index (χ0) is 22.2. The molecule has 1 aliphatic rings. The maximum atomic E-state index is 6.16. The molecule has 1 aromatic heterocycles. The van der Waals surface area contributed by atoms with Crippen molar-refractivity contribution >= 4 is 44.1 Å². The Bertz CT molecular complexity index is 1720. The number of rotatable bonds is 2. The zero-order valence-corrected chi connectivity index (χ0v) is 18.6. The van der Waals surface area contributed by atoms with Gasteiger partial charge in [0.1, 0.15) is 11.2 Å². The normalized spacial score (nSPS) is 14.0. The van der Waals surface area contributed by atoms with Crippen molar-refractivity contribution in [3.05, 3.63) is 108 Å². The van der Waals surface area contributed by atoms with Gasteiger partial charge < -0.3 is 9.73 Å². The highest BCUT2D eigenvalue weighted by Crippen LogP contribution is 2.49. The third-order valence-electron chi connectivity index (χ3n) is 7.25. The monoisotopic (exact) mass is 425 g/mol. The summed E-state index contributed by atoms with van der Waals surface area (Å²) in [5, 5.41) is 8.46. The number of benzene rings is 5. The van der Waals surface area contributed by atoms with Gasteiger partial charge in [0.15, 0.2) is 0 Å². The Hall–Kier alpha value is -4.04. The summed E-state index contributed by atoms with van der Waals surface area (Å²) in [6.07, 6.45) is 0. The molecule has 0 unspecified atom stereocenters. The lowest BCUT2D eigenvalue weighted by molar-refractivity contribution is 0.660. The third-order valence-corrected chi connectivity index (χ3v) is 7.25.